The van der Waals surface area contributed by atoms with Crippen LogP contribution in [0.5, 0.6) is 0 Å². The number of anilines is 1. The third-order valence-corrected chi connectivity index (χ3v) is 2.40. The summed E-state index contributed by atoms with van der Waals surface area (Å²) in [6, 6.07) is 5.21. The minimum absolute atomic E-state index is 0.0949. The van der Waals surface area contributed by atoms with Gasteiger partial charge in [0.15, 0.2) is 0 Å². The number of carbonyl (C=O) groups is 1. The van der Waals surface area contributed by atoms with Gasteiger partial charge in [0.25, 0.3) is 5.56 Å². The zero-order valence-electron chi connectivity index (χ0n) is 10.8. The van der Waals surface area contributed by atoms with Gasteiger partial charge in [0, 0.05) is 6.20 Å². The molecule has 0 fully saturated rings. The minimum Gasteiger partial charge on any atom is -0.449 e. The predicted octanol–water partition coefficient (Wildman–Crippen LogP) is 1.90. The number of ether oxygens (including phenoxy) is 1. The molecule has 2 aromatic rings. The normalized spacial score (nSPS) is 10.7. The molecule has 0 saturated carbocycles. The molecular formula is C13H15N3O3. The fourth-order valence-electron chi connectivity index (χ4n) is 1.50. The average molecular weight is 261 g/mol. The van der Waals surface area contributed by atoms with E-state index in [1.165, 1.54) is 10.6 Å². The Balaban J connectivity index is 2.20. The number of rotatable bonds is 3. The molecule has 6 heteroatoms. The van der Waals surface area contributed by atoms with Crippen molar-refractivity contribution in [3.63, 3.8) is 0 Å². The summed E-state index contributed by atoms with van der Waals surface area (Å²) in [4.78, 5) is 27.6. The van der Waals surface area contributed by atoms with Gasteiger partial charge in [0.2, 0.25) is 0 Å². The van der Waals surface area contributed by atoms with E-state index < -0.39 is 6.09 Å². The molecule has 2 rings (SSSR count). The first kappa shape index (κ1) is 13.1. The van der Waals surface area contributed by atoms with Crippen LogP contribution in [0.1, 0.15) is 13.8 Å². The molecule has 0 bridgehead atoms. The maximum absolute atomic E-state index is 12.1. The van der Waals surface area contributed by atoms with Crippen LogP contribution in [0, 0.1) is 5.92 Å². The summed E-state index contributed by atoms with van der Waals surface area (Å²) in [7, 11) is 0. The van der Waals surface area contributed by atoms with Crippen LogP contribution in [0.3, 0.4) is 0 Å². The average Bonchev–Trinajstić information content (AvgIpc) is 2.40. The monoisotopic (exact) mass is 261 g/mol. The Bertz CT molecular complexity index is 649. The maximum Gasteiger partial charge on any atom is 0.411 e. The van der Waals surface area contributed by atoms with Crippen molar-refractivity contribution in [2.75, 3.05) is 11.9 Å². The van der Waals surface area contributed by atoms with Crippen LogP contribution in [0.15, 0.2) is 35.4 Å². The smallest absolute Gasteiger partial charge is 0.411 e. The Hall–Kier alpha value is -2.37. The number of pyridine rings is 1. The first-order valence-electron chi connectivity index (χ1n) is 5.98. The highest BCUT2D eigenvalue weighted by Gasteiger charge is 2.09. The Morgan fingerprint density at radius 1 is 1.47 bits per heavy atom. The SMILES string of the molecule is CC(C)COC(=O)Nc1cnc2ccccn2c1=O. The van der Waals surface area contributed by atoms with Gasteiger partial charge in [0.1, 0.15) is 11.3 Å². The molecule has 0 aromatic carbocycles. The van der Waals surface area contributed by atoms with E-state index in [-0.39, 0.29) is 17.2 Å². The van der Waals surface area contributed by atoms with Crippen LogP contribution < -0.4 is 10.9 Å². The second-order valence-corrected chi connectivity index (χ2v) is 4.52. The molecule has 1 amide bonds. The van der Waals surface area contributed by atoms with E-state index >= 15 is 0 Å². The molecular weight excluding hydrogens is 246 g/mol. The zero-order valence-corrected chi connectivity index (χ0v) is 10.8. The Morgan fingerprint density at radius 2 is 2.26 bits per heavy atom. The summed E-state index contributed by atoms with van der Waals surface area (Å²) in [5.74, 6) is 0.238. The first-order chi connectivity index (χ1) is 9.08. The van der Waals surface area contributed by atoms with Crippen molar-refractivity contribution in [3.05, 3.63) is 40.9 Å². The lowest BCUT2D eigenvalue weighted by atomic mass is 10.2. The molecule has 0 saturated heterocycles. The van der Waals surface area contributed by atoms with Crippen molar-refractivity contribution in [2.24, 2.45) is 5.92 Å². The molecule has 0 aliphatic carbocycles. The maximum atomic E-state index is 12.1. The topological polar surface area (TPSA) is 72.7 Å². The van der Waals surface area contributed by atoms with E-state index in [0.717, 1.165) is 0 Å². The molecule has 0 aliphatic heterocycles. The largest absolute Gasteiger partial charge is 0.449 e. The lowest BCUT2D eigenvalue weighted by molar-refractivity contribution is 0.147. The predicted molar refractivity (Wildman–Crippen MR) is 71.3 cm³/mol. The molecule has 6 nitrogen and oxygen atoms in total. The number of amides is 1. The van der Waals surface area contributed by atoms with Crippen molar-refractivity contribution < 1.29 is 9.53 Å². The van der Waals surface area contributed by atoms with E-state index in [0.29, 0.717) is 12.3 Å². The van der Waals surface area contributed by atoms with Gasteiger partial charge in [-0.3, -0.25) is 14.5 Å². The summed E-state index contributed by atoms with van der Waals surface area (Å²) in [6.07, 6.45) is 2.27. The number of hydrogen-bond donors (Lipinski definition) is 1. The number of hydrogen-bond acceptors (Lipinski definition) is 4. The van der Waals surface area contributed by atoms with Gasteiger partial charge in [-0.15, -0.1) is 0 Å². The highest BCUT2D eigenvalue weighted by Crippen LogP contribution is 2.02. The number of nitrogens with zero attached hydrogens (tertiary/aromatic N) is 2. The van der Waals surface area contributed by atoms with E-state index in [4.69, 9.17) is 4.74 Å². The highest BCUT2D eigenvalue weighted by molar-refractivity contribution is 5.84. The van der Waals surface area contributed by atoms with Gasteiger partial charge in [-0.05, 0) is 18.1 Å². The lowest BCUT2D eigenvalue weighted by Gasteiger charge is -2.08. The van der Waals surface area contributed by atoms with Crippen LogP contribution in [0.25, 0.3) is 5.65 Å². The molecule has 1 N–H and O–H groups in total. The number of aromatic nitrogens is 2. The van der Waals surface area contributed by atoms with Crippen LogP contribution >= 0.6 is 0 Å². The van der Waals surface area contributed by atoms with Crippen LogP contribution in [0.2, 0.25) is 0 Å². The summed E-state index contributed by atoms with van der Waals surface area (Å²) in [6.45, 7) is 4.16. The van der Waals surface area contributed by atoms with Gasteiger partial charge in [-0.1, -0.05) is 19.9 Å². The summed E-state index contributed by atoms with van der Waals surface area (Å²) in [5, 5.41) is 2.40. The van der Waals surface area contributed by atoms with Gasteiger partial charge < -0.3 is 4.74 Å². The van der Waals surface area contributed by atoms with Crippen LogP contribution in [-0.4, -0.2) is 22.1 Å². The first-order valence-corrected chi connectivity index (χ1v) is 5.98. The van der Waals surface area contributed by atoms with Crippen LogP contribution in [0.4, 0.5) is 10.5 Å². The van der Waals surface area contributed by atoms with Crippen molar-refractivity contribution in [3.8, 4) is 0 Å². The van der Waals surface area contributed by atoms with Crippen molar-refractivity contribution >= 4 is 17.4 Å². The fraction of sp³-hybridized carbons (Fsp3) is 0.308. The molecule has 0 spiro atoms. The Morgan fingerprint density at radius 3 is 3.00 bits per heavy atom. The summed E-state index contributed by atoms with van der Waals surface area (Å²) >= 11 is 0. The van der Waals surface area contributed by atoms with E-state index in [1.54, 1.807) is 24.4 Å². The molecule has 0 radical (unpaired) electrons. The quantitative estimate of drug-likeness (QED) is 0.915. The van der Waals surface area contributed by atoms with Crippen molar-refractivity contribution in [1.29, 1.82) is 0 Å². The van der Waals surface area contributed by atoms with Crippen LogP contribution in [-0.2, 0) is 4.74 Å². The molecule has 2 aromatic heterocycles. The highest BCUT2D eigenvalue weighted by atomic mass is 16.5. The number of nitrogens with one attached hydrogen (secondary N) is 1. The van der Waals surface area contributed by atoms with Gasteiger partial charge >= 0.3 is 6.09 Å². The van der Waals surface area contributed by atoms with E-state index in [1.807, 2.05) is 13.8 Å². The Labute approximate surface area is 110 Å². The molecule has 19 heavy (non-hydrogen) atoms. The minimum atomic E-state index is -0.650. The standard InChI is InChI=1S/C13H15N3O3/c1-9(2)8-19-13(18)15-10-7-14-11-5-3-4-6-16(11)12(10)17/h3-7,9H,8H2,1-2H3,(H,15,18). The van der Waals surface area contributed by atoms with E-state index in [9.17, 15) is 9.59 Å². The zero-order chi connectivity index (χ0) is 13.8. The molecule has 100 valence electrons. The van der Waals surface area contributed by atoms with E-state index in [2.05, 4.69) is 10.3 Å². The second kappa shape index (κ2) is 5.51. The second-order valence-electron chi connectivity index (χ2n) is 4.52. The van der Waals surface area contributed by atoms with Gasteiger partial charge in [-0.25, -0.2) is 9.78 Å². The van der Waals surface area contributed by atoms with Crippen molar-refractivity contribution in [2.45, 2.75) is 13.8 Å². The third-order valence-electron chi connectivity index (χ3n) is 2.40. The third kappa shape index (κ3) is 3.09. The number of carbonyl (C=O) groups excluding carboxylic acids is 1. The van der Waals surface area contributed by atoms with Crippen molar-refractivity contribution in [1.82, 2.24) is 9.38 Å². The number of fused-ring (bicyclic) bond motifs is 1. The molecule has 2 heterocycles. The molecule has 0 unspecified atom stereocenters. The fourth-order valence-corrected chi connectivity index (χ4v) is 1.50. The molecule has 0 atom stereocenters. The summed E-state index contributed by atoms with van der Waals surface area (Å²) < 4.78 is 6.31. The van der Waals surface area contributed by atoms with Gasteiger partial charge in [0.05, 0.1) is 12.8 Å². The Kier molecular flexibility index (Phi) is 3.79. The summed E-state index contributed by atoms with van der Waals surface area (Å²) in [5.41, 5.74) is 0.276. The lowest BCUT2D eigenvalue weighted by Crippen LogP contribution is -2.24. The van der Waals surface area contributed by atoms with Gasteiger partial charge in [-0.2, -0.15) is 0 Å². The molecule has 0 aliphatic rings.